The minimum Gasteiger partial charge on any atom is -0.387 e. The van der Waals surface area contributed by atoms with Gasteiger partial charge in [0.05, 0.1) is 5.60 Å². The van der Waals surface area contributed by atoms with E-state index in [9.17, 15) is 9.90 Å². The number of rotatable bonds is 7. The molecule has 2 unspecified atom stereocenters. The number of hydrogen-bond acceptors (Lipinski definition) is 3. The van der Waals surface area contributed by atoms with Gasteiger partial charge in [0.2, 0.25) is 5.91 Å². The topological polar surface area (TPSA) is 52.6 Å². The number of benzene rings is 1. The molecule has 0 fully saturated rings. The zero-order valence-electron chi connectivity index (χ0n) is 13.2. The molecule has 0 spiro atoms. The van der Waals surface area contributed by atoms with Gasteiger partial charge in [0.1, 0.15) is 0 Å². The summed E-state index contributed by atoms with van der Waals surface area (Å²) >= 11 is 3.40. The van der Waals surface area contributed by atoms with Crippen LogP contribution in [0.2, 0.25) is 0 Å². The lowest BCUT2D eigenvalue weighted by molar-refractivity contribution is -0.122. The lowest BCUT2D eigenvalue weighted by Gasteiger charge is -2.27. The molecular weight excluding hydrogens is 332 g/mol. The highest BCUT2D eigenvalue weighted by Gasteiger charge is 2.22. The van der Waals surface area contributed by atoms with E-state index in [0.29, 0.717) is 13.0 Å². The van der Waals surface area contributed by atoms with Gasteiger partial charge in [-0.2, -0.15) is 0 Å². The van der Waals surface area contributed by atoms with Crippen LogP contribution in [0, 0.1) is 0 Å². The zero-order valence-corrected chi connectivity index (χ0v) is 14.8. The fourth-order valence-corrected chi connectivity index (χ4v) is 2.55. The number of amides is 1. The van der Waals surface area contributed by atoms with E-state index in [0.717, 1.165) is 10.0 Å². The third-order valence-electron chi connectivity index (χ3n) is 3.25. The van der Waals surface area contributed by atoms with Crippen molar-refractivity contribution in [3.05, 3.63) is 34.3 Å². The van der Waals surface area contributed by atoms with Crippen molar-refractivity contribution < 1.29 is 9.90 Å². The van der Waals surface area contributed by atoms with Crippen molar-refractivity contribution in [3.63, 3.8) is 0 Å². The number of likely N-dealkylation sites (N-methyl/N-ethyl adjacent to an activating group) is 1. The summed E-state index contributed by atoms with van der Waals surface area (Å²) in [6, 6.07) is 7.99. The van der Waals surface area contributed by atoms with Crippen molar-refractivity contribution in [1.29, 1.82) is 0 Å². The molecule has 0 aliphatic heterocycles. The van der Waals surface area contributed by atoms with E-state index in [1.807, 2.05) is 50.2 Å². The van der Waals surface area contributed by atoms with Crippen LogP contribution in [0.15, 0.2) is 28.7 Å². The van der Waals surface area contributed by atoms with E-state index in [4.69, 9.17) is 0 Å². The second-order valence-electron chi connectivity index (χ2n) is 6.17. The summed E-state index contributed by atoms with van der Waals surface area (Å²) in [6.45, 7) is 4.53. The predicted octanol–water partition coefficient (Wildman–Crippen LogP) is 2.37. The Kier molecular flexibility index (Phi) is 6.84. The second-order valence-corrected chi connectivity index (χ2v) is 7.08. The molecule has 2 atom stereocenters. The monoisotopic (exact) mass is 356 g/mol. The Bertz CT molecular complexity index is 458. The van der Waals surface area contributed by atoms with Crippen LogP contribution in [0.3, 0.4) is 0 Å². The Morgan fingerprint density at radius 3 is 2.48 bits per heavy atom. The summed E-state index contributed by atoms with van der Waals surface area (Å²) in [5, 5.41) is 13.0. The van der Waals surface area contributed by atoms with Crippen LogP contribution >= 0.6 is 15.9 Å². The fraction of sp³-hybridized carbons (Fsp3) is 0.562. The Hall–Kier alpha value is -0.910. The fourth-order valence-electron chi connectivity index (χ4n) is 2.29. The Balaban J connectivity index is 2.44. The standard InChI is InChI=1S/C16H25BrN2O2/c1-12(13-5-7-14(17)8-6-13)9-15(20)18-10-16(2,21)11-19(3)4/h5-8,12,21H,9-11H2,1-4H3,(H,18,20). The molecule has 5 heteroatoms. The zero-order chi connectivity index (χ0) is 16.0. The molecule has 1 aromatic rings. The van der Waals surface area contributed by atoms with Crippen LogP contribution in [0.25, 0.3) is 0 Å². The van der Waals surface area contributed by atoms with E-state index in [2.05, 4.69) is 21.2 Å². The van der Waals surface area contributed by atoms with Gasteiger partial charge in [0.25, 0.3) is 0 Å². The van der Waals surface area contributed by atoms with Crippen LogP contribution in [0.5, 0.6) is 0 Å². The van der Waals surface area contributed by atoms with Gasteiger partial charge in [-0.05, 0) is 44.6 Å². The summed E-state index contributed by atoms with van der Waals surface area (Å²) in [7, 11) is 3.79. The van der Waals surface area contributed by atoms with Crippen LogP contribution in [-0.4, -0.2) is 48.7 Å². The summed E-state index contributed by atoms with van der Waals surface area (Å²) in [4.78, 5) is 13.9. The number of nitrogens with zero attached hydrogens (tertiary/aromatic N) is 1. The minimum atomic E-state index is -0.917. The molecule has 0 saturated heterocycles. The van der Waals surface area contributed by atoms with Gasteiger partial charge in [0, 0.05) is 24.0 Å². The molecule has 1 rings (SSSR count). The largest absolute Gasteiger partial charge is 0.387 e. The van der Waals surface area contributed by atoms with E-state index < -0.39 is 5.60 Å². The van der Waals surface area contributed by atoms with Crippen molar-refractivity contribution in [2.45, 2.75) is 31.8 Å². The molecular formula is C16H25BrN2O2. The van der Waals surface area contributed by atoms with Gasteiger partial charge in [-0.25, -0.2) is 0 Å². The van der Waals surface area contributed by atoms with Gasteiger partial charge < -0.3 is 15.3 Å². The highest BCUT2D eigenvalue weighted by Crippen LogP contribution is 2.21. The van der Waals surface area contributed by atoms with Crippen LogP contribution in [0.4, 0.5) is 0 Å². The molecule has 118 valence electrons. The van der Waals surface area contributed by atoms with E-state index in [1.54, 1.807) is 6.92 Å². The maximum absolute atomic E-state index is 12.0. The average molecular weight is 357 g/mol. The van der Waals surface area contributed by atoms with Crippen molar-refractivity contribution in [2.24, 2.45) is 0 Å². The van der Waals surface area contributed by atoms with Crippen molar-refractivity contribution in [2.75, 3.05) is 27.2 Å². The lowest BCUT2D eigenvalue weighted by Crippen LogP contribution is -2.47. The Labute approximate surface area is 135 Å². The first-order chi connectivity index (χ1) is 9.69. The number of carbonyl (C=O) groups excluding carboxylic acids is 1. The summed E-state index contributed by atoms with van der Waals surface area (Å²) in [5.41, 5.74) is 0.216. The van der Waals surface area contributed by atoms with E-state index in [1.165, 1.54) is 0 Å². The first-order valence-electron chi connectivity index (χ1n) is 7.09. The lowest BCUT2D eigenvalue weighted by atomic mass is 9.97. The van der Waals surface area contributed by atoms with Crippen molar-refractivity contribution >= 4 is 21.8 Å². The molecule has 0 aliphatic carbocycles. The normalized spacial score (nSPS) is 15.6. The number of nitrogens with one attached hydrogen (secondary N) is 1. The van der Waals surface area contributed by atoms with Crippen LogP contribution < -0.4 is 5.32 Å². The van der Waals surface area contributed by atoms with Gasteiger partial charge in [0.15, 0.2) is 0 Å². The molecule has 0 saturated carbocycles. The average Bonchev–Trinajstić information content (AvgIpc) is 2.36. The molecule has 0 bridgehead atoms. The molecule has 0 radical (unpaired) electrons. The Morgan fingerprint density at radius 1 is 1.38 bits per heavy atom. The van der Waals surface area contributed by atoms with Gasteiger partial charge >= 0.3 is 0 Å². The van der Waals surface area contributed by atoms with Gasteiger partial charge in [-0.3, -0.25) is 4.79 Å². The molecule has 2 N–H and O–H groups in total. The summed E-state index contributed by atoms with van der Waals surface area (Å²) < 4.78 is 1.03. The van der Waals surface area contributed by atoms with Crippen LogP contribution in [-0.2, 0) is 4.79 Å². The maximum Gasteiger partial charge on any atom is 0.220 e. The highest BCUT2D eigenvalue weighted by molar-refractivity contribution is 9.10. The minimum absolute atomic E-state index is 0.0375. The molecule has 4 nitrogen and oxygen atoms in total. The van der Waals surface area contributed by atoms with E-state index in [-0.39, 0.29) is 18.4 Å². The first kappa shape index (κ1) is 18.1. The van der Waals surface area contributed by atoms with Crippen molar-refractivity contribution in [1.82, 2.24) is 10.2 Å². The molecule has 1 amide bonds. The summed E-state index contributed by atoms with van der Waals surface area (Å²) in [6.07, 6.45) is 0.416. The van der Waals surface area contributed by atoms with Gasteiger partial charge in [-0.1, -0.05) is 35.0 Å². The molecule has 0 aromatic heterocycles. The number of hydrogen-bond donors (Lipinski definition) is 2. The molecule has 0 heterocycles. The third kappa shape index (κ3) is 7.07. The van der Waals surface area contributed by atoms with Crippen LogP contribution in [0.1, 0.15) is 31.7 Å². The van der Waals surface area contributed by atoms with Crippen molar-refractivity contribution in [3.8, 4) is 0 Å². The highest BCUT2D eigenvalue weighted by atomic mass is 79.9. The summed E-state index contributed by atoms with van der Waals surface area (Å²) in [5.74, 6) is 0.112. The SMILES string of the molecule is CC(CC(=O)NCC(C)(O)CN(C)C)c1ccc(Br)cc1. The second kappa shape index (κ2) is 7.92. The molecule has 0 aliphatic rings. The van der Waals surface area contributed by atoms with Gasteiger partial charge in [-0.15, -0.1) is 0 Å². The van der Waals surface area contributed by atoms with E-state index >= 15 is 0 Å². The number of halogens is 1. The molecule has 21 heavy (non-hydrogen) atoms. The predicted molar refractivity (Wildman–Crippen MR) is 89.4 cm³/mol. The molecule has 1 aromatic carbocycles. The number of aliphatic hydroxyl groups is 1. The quantitative estimate of drug-likeness (QED) is 0.788. The smallest absolute Gasteiger partial charge is 0.220 e. The number of carbonyl (C=O) groups is 1. The maximum atomic E-state index is 12.0. The first-order valence-corrected chi connectivity index (χ1v) is 7.88. The Morgan fingerprint density at radius 2 is 1.95 bits per heavy atom. The third-order valence-corrected chi connectivity index (χ3v) is 3.78.